The molecule has 3 aromatic rings. The zero-order valence-corrected chi connectivity index (χ0v) is 13.7. The van der Waals surface area contributed by atoms with E-state index in [4.69, 9.17) is 4.74 Å². The number of rotatable bonds is 7. The molecule has 0 spiro atoms. The molecule has 0 aliphatic carbocycles. The minimum Gasteiger partial charge on any atom is -0.484 e. The first-order valence-corrected chi connectivity index (χ1v) is 7.74. The van der Waals surface area contributed by atoms with Crippen molar-refractivity contribution in [2.24, 2.45) is 0 Å². The van der Waals surface area contributed by atoms with Gasteiger partial charge in [0.25, 0.3) is 11.9 Å². The Balaban J connectivity index is 1.44. The summed E-state index contributed by atoms with van der Waals surface area (Å²) in [6, 6.07) is 15.0. The van der Waals surface area contributed by atoms with Crippen molar-refractivity contribution in [3.63, 3.8) is 0 Å². The van der Waals surface area contributed by atoms with E-state index in [0.29, 0.717) is 18.2 Å². The van der Waals surface area contributed by atoms with Crippen LogP contribution >= 0.6 is 0 Å². The van der Waals surface area contributed by atoms with Gasteiger partial charge in [-0.3, -0.25) is 4.79 Å². The molecule has 25 heavy (non-hydrogen) atoms. The number of carbonyl (C=O) groups excluding carboxylic acids is 1. The van der Waals surface area contributed by atoms with Crippen molar-refractivity contribution in [1.82, 2.24) is 20.6 Å². The number of benzene rings is 2. The van der Waals surface area contributed by atoms with E-state index in [1.54, 1.807) is 0 Å². The van der Waals surface area contributed by atoms with E-state index in [1.807, 2.05) is 55.5 Å². The largest absolute Gasteiger partial charge is 0.484 e. The highest BCUT2D eigenvalue weighted by Gasteiger charge is 2.04. The van der Waals surface area contributed by atoms with Gasteiger partial charge >= 0.3 is 0 Å². The van der Waals surface area contributed by atoms with E-state index in [1.165, 1.54) is 0 Å². The standard InChI is InChI=1S/C17H18N6O2/c1-12-2-6-14(7-3-12)19-16(24)11-25-15-8-4-13(5-9-15)10-18-17-20-22-23-21-17/h2-9H,10-11H2,1H3,(H,19,24)(H2,18,20,21,22,23). The molecule has 128 valence electrons. The highest BCUT2D eigenvalue weighted by Crippen LogP contribution is 2.13. The lowest BCUT2D eigenvalue weighted by Gasteiger charge is -2.08. The molecule has 0 fully saturated rings. The average Bonchev–Trinajstić information content (AvgIpc) is 3.15. The number of nitrogens with zero attached hydrogens (tertiary/aromatic N) is 3. The Morgan fingerprint density at radius 1 is 1.12 bits per heavy atom. The number of ether oxygens (including phenoxy) is 1. The summed E-state index contributed by atoms with van der Waals surface area (Å²) in [5.41, 5.74) is 2.92. The lowest BCUT2D eigenvalue weighted by Crippen LogP contribution is -2.20. The predicted octanol–water partition coefficient (Wildman–Crippen LogP) is 2.14. The van der Waals surface area contributed by atoms with Crippen LogP contribution in [0, 0.1) is 6.92 Å². The van der Waals surface area contributed by atoms with E-state index in [9.17, 15) is 4.79 Å². The van der Waals surface area contributed by atoms with Crippen LogP contribution in [-0.2, 0) is 11.3 Å². The van der Waals surface area contributed by atoms with Gasteiger partial charge in [0.05, 0.1) is 0 Å². The van der Waals surface area contributed by atoms with Crippen molar-refractivity contribution in [2.75, 3.05) is 17.2 Å². The minimum atomic E-state index is -0.202. The maximum atomic E-state index is 11.9. The summed E-state index contributed by atoms with van der Waals surface area (Å²) in [6.07, 6.45) is 0. The number of carbonyl (C=O) groups is 1. The Hall–Kier alpha value is -3.42. The number of aryl methyl sites for hydroxylation is 1. The van der Waals surface area contributed by atoms with E-state index in [-0.39, 0.29) is 12.5 Å². The van der Waals surface area contributed by atoms with Crippen molar-refractivity contribution in [3.05, 3.63) is 59.7 Å². The Labute approximate surface area is 144 Å². The molecular formula is C17H18N6O2. The molecule has 0 saturated heterocycles. The number of amides is 1. The van der Waals surface area contributed by atoms with Gasteiger partial charge in [-0.15, -0.1) is 5.10 Å². The van der Waals surface area contributed by atoms with Gasteiger partial charge in [-0.2, -0.15) is 5.21 Å². The van der Waals surface area contributed by atoms with Gasteiger partial charge in [-0.25, -0.2) is 0 Å². The van der Waals surface area contributed by atoms with E-state index < -0.39 is 0 Å². The summed E-state index contributed by atoms with van der Waals surface area (Å²) in [6.45, 7) is 2.51. The topological polar surface area (TPSA) is 105 Å². The molecule has 2 aromatic carbocycles. The van der Waals surface area contributed by atoms with Crippen LogP contribution in [0.2, 0.25) is 0 Å². The van der Waals surface area contributed by atoms with Crippen molar-refractivity contribution < 1.29 is 9.53 Å². The third-order valence-electron chi connectivity index (χ3n) is 3.42. The Bertz CT molecular complexity index is 800. The lowest BCUT2D eigenvalue weighted by molar-refractivity contribution is -0.118. The Kier molecular flexibility index (Phi) is 5.20. The number of tetrazole rings is 1. The van der Waals surface area contributed by atoms with Gasteiger partial charge < -0.3 is 15.4 Å². The molecule has 0 saturated carbocycles. The molecule has 3 N–H and O–H groups in total. The molecule has 3 rings (SSSR count). The van der Waals surface area contributed by atoms with Crippen LogP contribution in [0.4, 0.5) is 11.6 Å². The first kappa shape index (κ1) is 16.4. The fourth-order valence-corrected chi connectivity index (χ4v) is 2.10. The highest BCUT2D eigenvalue weighted by atomic mass is 16.5. The average molecular weight is 338 g/mol. The van der Waals surface area contributed by atoms with Gasteiger partial charge in [0.1, 0.15) is 5.75 Å². The van der Waals surface area contributed by atoms with Crippen LogP contribution in [-0.4, -0.2) is 33.1 Å². The summed E-state index contributed by atoms with van der Waals surface area (Å²) in [5, 5.41) is 19.3. The molecule has 0 aliphatic rings. The van der Waals surface area contributed by atoms with Crippen LogP contribution in [0.1, 0.15) is 11.1 Å². The van der Waals surface area contributed by atoms with E-state index in [0.717, 1.165) is 16.8 Å². The molecule has 0 unspecified atom stereocenters. The highest BCUT2D eigenvalue weighted by molar-refractivity contribution is 5.91. The van der Waals surface area contributed by atoms with Crippen LogP contribution in [0.5, 0.6) is 5.75 Å². The Morgan fingerprint density at radius 3 is 2.56 bits per heavy atom. The second-order valence-corrected chi connectivity index (χ2v) is 5.44. The zero-order valence-electron chi connectivity index (χ0n) is 13.7. The van der Waals surface area contributed by atoms with E-state index in [2.05, 4.69) is 31.3 Å². The molecule has 1 aromatic heterocycles. The van der Waals surface area contributed by atoms with Gasteiger partial charge in [0.2, 0.25) is 0 Å². The maximum absolute atomic E-state index is 11.9. The van der Waals surface area contributed by atoms with Crippen molar-refractivity contribution in [1.29, 1.82) is 0 Å². The normalized spacial score (nSPS) is 10.3. The molecule has 0 aliphatic heterocycles. The predicted molar refractivity (Wildman–Crippen MR) is 93.3 cm³/mol. The molecule has 0 radical (unpaired) electrons. The summed E-state index contributed by atoms with van der Waals surface area (Å²) in [5.74, 6) is 0.863. The third-order valence-corrected chi connectivity index (χ3v) is 3.42. The molecule has 0 atom stereocenters. The molecule has 1 heterocycles. The van der Waals surface area contributed by atoms with Crippen LogP contribution < -0.4 is 15.4 Å². The fourth-order valence-electron chi connectivity index (χ4n) is 2.10. The maximum Gasteiger partial charge on any atom is 0.263 e. The van der Waals surface area contributed by atoms with Crippen molar-refractivity contribution in [2.45, 2.75) is 13.5 Å². The van der Waals surface area contributed by atoms with Crippen LogP contribution in [0.3, 0.4) is 0 Å². The van der Waals surface area contributed by atoms with Crippen LogP contribution in [0.25, 0.3) is 0 Å². The summed E-state index contributed by atoms with van der Waals surface area (Å²) in [7, 11) is 0. The number of nitrogens with one attached hydrogen (secondary N) is 3. The number of aromatic amines is 1. The number of aromatic nitrogens is 4. The first-order chi connectivity index (χ1) is 12.2. The number of hydrogen-bond donors (Lipinski definition) is 3. The van der Waals surface area contributed by atoms with Crippen molar-refractivity contribution >= 4 is 17.5 Å². The molecule has 8 nitrogen and oxygen atoms in total. The SMILES string of the molecule is Cc1ccc(NC(=O)COc2ccc(CNc3nn[nH]n3)cc2)cc1. The molecule has 8 heteroatoms. The molecular weight excluding hydrogens is 320 g/mol. The first-order valence-electron chi connectivity index (χ1n) is 7.74. The minimum absolute atomic E-state index is 0.0473. The van der Waals surface area contributed by atoms with E-state index >= 15 is 0 Å². The number of anilines is 2. The second kappa shape index (κ2) is 7.91. The smallest absolute Gasteiger partial charge is 0.263 e. The zero-order chi connectivity index (χ0) is 17.5. The second-order valence-electron chi connectivity index (χ2n) is 5.44. The number of H-pyrrole nitrogens is 1. The monoisotopic (exact) mass is 338 g/mol. The van der Waals surface area contributed by atoms with Gasteiger partial charge in [0.15, 0.2) is 6.61 Å². The lowest BCUT2D eigenvalue weighted by atomic mass is 10.2. The summed E-state index contributed by atoms with van der Waals surface area (Å²) in [4.78, 5) is 11.9. The summed E-state index contributed by atoms with van der Waals surface area (Å²) >= 11 is 0. The van der Waals surface area contributed by atoms with Gasteiger partial charge in [-0.1, -0.05) is 34.9 Å². The van der Waals surface area contributed by atoms with Crippen molar-refractivity contribution in [3.8, 4) is 5.75 Å². The third kappa shape index (κ3) is 5.03. The van der Waals surface area contributed by atoms with Gasteiger partial charge in [-0.05, 0) is 42.0 Å². The van der Waals surface area contributed by atoms with Gasteiger partial charge in [0, 0.05) is 12.2 Å². The fraction of sp³-hybridized carbons (Fsp3) is 0.176. The molecule has 1 amide bonds. The molecule has 0 bridgehead atoms. The quantitative estimate of drug-likeness (QED) is 0.609. The Morgan fingerprint density at radius 2 is 1.88 bits per heavy atom. The number of hydrogen-bond acceptors (Lipinski definition) is 6. The summed E-state index contributed by atoms with van der Waals surface area (Å²) < 4.78 is 5.50. The van der Waals surface area contributed by atoms with Crippen LogP contribution in [0.15, 0.2) is 48.5 Å².